The fraction of sp³-hybridized carbons (Fsp3) is 0.760. The van der Waals surface area contributed by atoms with Crippen LogP contribution in [-0.2, 0) is 19.1 Å². The standard InChI is InChI=1S/C25H38O5/c1-6-25(4,5)24(28)30-21-12-15(2)11-17-8-7-16(3)20(23(17)21)10-9-19-13-18(26)14-22(27)29-19/h7-8,11,15-16,18-21,23,26H,6,9-10,12-14H2,1-5H3/t15-,16-,18+,19?,20-,21?,23-/m0/s1/i1D3,6D2,7D,8D,11D,12D2,14D2,15D,16D,26D. The molecular formula is C25H38O5. The molecule has 3 aliphatic rings. The molecule has 0 aromatic rings. The Hall–Kier alpha value is -1.62. The first kappa shape index (κ1) is 10.3. The lowest BCUT2D eigenvalue weighted by molar-refractivity contribution is -0.166. The monoisotopic (exact) mass is 433 g/mol. The fourth-order valence-corrected chi connectivity index (χ4v) is 3.85. The number of aliphatic hydroxyl groups excluding tert-OH is 1. The van der Waals surface area contributed by atoms with Crippen molar-refractivity contribution in [3.63, 3.8) is 0 Å². The van der Waals surface area contributed by atoms with Crippen LogP contribution in [0.3, 0.4) is 0 Å². The largest absolute Gasteiger partial charge is 0.462 e. The molecule has 0 saturated carbocycles. The molecule has 5 heteroatoms. The Bertz CT molecular complexity index is 1280. The SMILES string of the molecule is [2H]O[C@@H]1CC(CC[C@@H]2[C@@H]3C(=C([2H])[C@]([2H])(C)C([2H])([2H])C3OC(=O)C(C)(C)C([2H])([2H])C([2H])([2H])[2H])C([2H])=C([2H])[C@]2([2H])C)OC(=O)C1([2H])[2H]. The van der Waals surface area contributed by atoms with Crippen LogP contribution in [0, 0.1) is 29.0 Å². The van der Waals surface area contributed by atoms with Crippen molar-refractivity contribution in [3.8, 4) is 0 Å². The van der Waals surface area contributed by atoms with E-state index in [9.17, 15) is 9.59 Å². The molecule has 3 rings (SSSR count). The van der Waals surface area contributed by atoms with Gasteiger partial charge in [0.15, 0.2) is 0 Å². The van der Waals surface area contributed by atoms with Crippen LogP contribution in [0.15, 0.2) is 23.7 Å². The van der Waals surface area contributed by atoms with E-state index in [1.54, 1.807) is 0 Å². The smallest absolute Gasteiger partial charge is 0.311 e. The second-order valence-electron chi connectivity index (χ2n) is 8.42. The second-order valence-corrected chi connectivity index (χ2v) is 8.42. The summed E-state index contributed by atoms with van der Waals surface area (Å²) in [5.41, 5.74) is -2.73. The number of carbonyl (C=O) groups is 2. The maximum Gasteiger partial charge on any atom is 0.311 e. The molecule has 1 saturated heterocycles. The van der Waals surface area contributed by atoms with Gasteiger partial charge in [-0.05, 0) is 62.7 Å². The van der Waals surface area contributed by atoms with Crippen molar-refractivity contribution in [1.82, 2.24) is 0 Å². The van der Waals surface area contributed by atoms with Gasteiger partial charge in [0.2, 0.25) is 1.43 Å². The van der Waals surface area contributed by atoms with Crippen LogP contribution in [0.2, 0.25) is 0 Å². The zero-order valence-corrected chi connectivity index (χ0v) is 17.5. The van der Waals surface area contributed by atoms with Gasteiger partial charge in [0.25, 0.3) is 0 Å². The van der Waals surface area contributed by atoms with Crippen molar-refractivity contribution in [2.24, 2.45) is 29.0 Å². The first-order valence-corrected chi connectivity index (χ1v) is 9.98. The third-order valence-corrected chi connectivity index (χ3v) is 5.61. The van der Waals surface area contributed by atoms with Crippen LogP contribution in [0.4, 0.5) is 0 Å². The predicted octanol–water partition coefficient (Wildman–Crippen LogP) is 4.59. The molecule has 0 bridgehead atoms. The number of cyclic esters (lactones) is 1. The van der Waals surface area contributed by atoms with E-state index in [2.05, 4.69) is 5.11 Å². The molecule has 7 atom stereocenters. The van der Waals surface area contributed by atoms with Crippen molar-refractivity contribution in [1.29, 1.82) is 1.43 Å². The normalized spacial score (nSPS) is 53.9. The number of allylic oxidation sites excluding steroid dienone is 3. The van der Waals surface area contributed by atoms with Crippen molar-refractivity contribution in [2.75, 3.05) is 0 Å². The van der Waals surface area contributed by atoms with Crippen molar-refractivity contribution in [2.45, 2.75) is 91.2 Å². The summed E-state index contributed by atoms with van der Waals surface area (Å²) in [6, 6.07) is -1.92. The minimum absolute atomic E-state index is 0.132. The highest BCUT2D eigenvalue weighted by Crippen LogP contribution is 2.45. The molecular weight excluding hydrogens is 380 g/mol. The molecule has 0 amide bonds. The second kappa shape index (κ2) is 9.25. The van der Waals surface area contributed by atoms with Crippen LogP contribution < -0.4 is 0 Å². The van der Waals surface area contributed by atoms with Crippen molar-refractivity contribution in [3.05, 3.63) is 23.7 Å². The number of fused-ring (bicyclic) bond motifs is 1. The fourth-order valence-electron chi connectivity index (χ4n) is 3.85. The minimum atomic E-state index is -3.30. The lowest BCUT2D eigenvalue weighted by Crippen LogP contribution is -2.43. The van der Waals surface area contributed by atoms with Crippen LogP contribution in [0.1, 0.15) is 92.1 Å². The number of carbonyl (C=O) groups excluding carboxylic acids is 2. The Balaban J connectivity index is 2.15. The van der Waals surface area contributed by atoms with Gasteiger partial charge < -0.3 is 14.6 Å². The Morgan fingerprint density at radius 1 is 1.53 bits per heavy atom. The van der Waals surface area contributed by atoms with E-state index in [0.29, 0.717) is 0 Å². The van der Waals surface area contributed by atoms with Gasteiger partial charge in [0, 0.05) is 27.4 Å². The number of aliphatic hydroxyl groups is 1. The topological polar surface area (TPSA) is 72.8 Å². The molecule has 2 unspecified atom stereocenters. The van der Waals surface area contributed by atoms with E-state index < -0.39 is 103 Å². The summed E-state index contributed by atoms with van der Waals surface area (Å²) >= 11 is 0. The van der Waals surface area contributed by atoms with E-state index in [-0.39, 0.29) is 24.8 Å². The van der Waals surface area contributed by atoms with Gasteiger partial charge in [-0.25, -0.2) is 0 Å². The Morgan fingerprint density at radius 2 is 2.33 bits per heavy atom. The highest BCUT2D eigenvalue weighted by atomic mass is 16.6. The third kappa shape index (κ3) is 5.16. The summed E-state index contributed by atoms with van der Waals surface area (Å²) in [6.45, 7) is 0.915. The van der Waals surface area contributed by atoms with Gasteiger partial charge in [0.05, 0.1) is 22.0 Å². The lowest BCUT2D eigenvalue weighted by atomic mass is 9.65. The predicted molar refractivity (Wildman–Crippen MR) is 115 cm³/mol. The first-order chi connectivity index (χ1) is 20.0. The van der Waals surface area contributed by atoms with Gasteiger partial charge in [-0.15, -0.1) is 0 Å². The van der Waals surface area contributed by atoms with Crippen LogP contribution in [0.5, 0.6) is 0 Å². The summed E-state index contributed by atoms with van der Waals surface area (Å²) in [5, 5.41) is 4.41. The molecule has 1 heterocycles. The number of hydrogen-bond donors (Lipinski definition) is 1. The highest BCUT2D eigenvalue weighted by Gasteiger charge is 2.43. The molecule has 30 heavy (non-hydrogen) atoms. The average molecular weight is 434 g/mol. The Labute approximate surface area is 202 Å². The number of hydrogen-bond acceptors (Lipinski definition) is 5. The zero-order chi connectivity index (χ0) is 35.1. The van der Waals surface area contributed by atoms with E-state index in [1.807, 2.05) is 0 Å². The summed E-state index contributed by atoms with van der Waals surface area (Å²) in [4.78, 5) is 25.9. The molecule has 168 valence electrons. The highest BCUT2D eigenvalue weighted by molar-refractivity contribution is 5.76. The van der Waals surface area contributed by atoms with E-state index in [1.165, 1.54) is 6.92 Å². The molecule has 1 fully saturated rings. The molecule has 0 radical (unpaired) electrons. The number of ether oxygens (including phenoxy) is 2. The zero-order valence-electron chi connectivity index (χ0n) is 32.5. The van der Waals surface area contributed by atoms with Crippen molar-refractivity contribution < 1.29 is 43.4 Å². The molecule has 0 spiro atoms. The Kier molecular flexibility index (Phi) is 3.19. The van der Waals surface area contributed by atoms with Crippen LogP contribution in [-0.4, -0.2) is 36.8 Å². The summed E-state index contributed by atoms with van der Waals surface area (Å²) in [6.07, 6.45) is -13.9. The van der Waals surface area contributed by atoms with E-state index in [0.717, 1.165) is 20.8 Å². The van der Waals surface area contributed by atoms with Gasteiger partial charge in [-0.1, -0.05) is 38.9 Å². The number of rotatable bonds is 7. The molecule has 1 aliphatic heterocycles. The van der Waals surface area contributed by atoms with E-state index in [4.69, 9.17) is 30.1 Å². The minimum Gasteiger partial charge on any atom is -0.462 e. The first-order valence-electron chi connectivity index (χ1n) is 17.4. The van der Waals surface area contributed by atoms with Gasteiger partial charge in [0.1, 0.15) is 12.2 Å². The molecule has 0 aromatic carbocycles. The maximum atomic E-state index is 13.6. The maximum absolute atomic E-state index is 13.6. The average Bonchev–Trinajstić information content (AvgIpc) is 2.89. The molecule has 2 aliphatic carbocycles. The Morgan fingerprint density at radius 3 is 3.07 bits per heavy atom. The quantitative estimate of drug-likeness (QED) is 0.595. The summed E-state index contributed by atoms with van der Waals surface area (Å²) in [5.74, 6) is -10.0. The lowest BCUT2D eigenvalue weighted by Gasteiger charge is -2.44. The number of esters is 2. The van der Waals surface area contributed by atoms with E-state index >= 15 is 0 Å². The van der Waals surface area contributed by atoms with Crippen LogP contribution in [0.25, 0.3) is 0 Å². The van der Waals surface area contributed by atoms with Gasteiger partial charge in [-0.3, -0.25) is 9.59 Å². The van der Waals surface area contributed by atoms with Crippen molar-refractivity contribution >= 4 is 11.9 Å². The van der Waals surface area contributed by atoms with Gasteiger partial charge in [-0.2, -0.15) is 0 Å². The molecule has 0 aromatic heterocycles. The summed E-state index contributed by atoms with van der Waals surface area (Å²) < 4.78 is 135. The molecule has 5 nitrogen and oxygen atoms in total. The van der Waals surface area contributed by atoms with Crippen LogP contribution >= 0.6 is 0 Å². The third-order valence-electron chi connectivity index (χ3n) is 5.61. The molecule has 1 N–H and O–H groups in total. The summed E-state index contributed by atoms with van der Waals surface area (Å²) in [7, 11) is 0. The van der Waals surface area contributed by atoms with Gasteiger partial charge >= 0.3 is 11.9 Å².